The quantitative estimate of drug-likeness (QED) is 0.0849. The van der Waals surface area contributed by atoms with Crippen molar-refractivity contribution in [3.05, 3.63) is 260 Å². The van der Waals surface area contributed by atoms with E-state index >= 15 is 0 Å². The number of ether oxygens (including phenoxy) is 2. The minimum atomic E-state index is 0.494. The van der Waals surface area contributed by atoms with E-state index in [1.54, 1.807) is 0 Å². The van der Waals surface area contributed by atoms with E-state index in [-0.39, 0.29) is 0 Å². The first-order chi connectivity index (χ1) is 40.6. The molecule has 2 heterocycles. The lowest BCUT2D eigenvalue weighted by Crippen LogP contribution is -2.09. The maximum Gasteiger partial charge on any atom is 0.127 e. The second-order valence-corrected chi connectivity index (χ2v) is 23.3. The first kappa shape index (κ1) is 51.1. The highest BCUT2D eigenvalue weighted by molar-refractivity contribution is 7.26. The highest BCUT2D eigenvalue weighted by Gasteiger charge is 2.22. The van der Waals surface area contributed by atoms with Crippen molar-refractivity contribution in [1.29, 1.82) is 0 Å². The van der Waals surface area contributed by atoms with Gasteiger partial charge in [-0.3, -0.25) is 0 Å². The molecular weight excluding hydrogens is 1040 g/mol. The zero-order chi connectivity index (χ0) is 54.9. The molecule has 0 radical (unpaired) electrons. The Balaban J connectivity index is 0.866. The Labute approximate surface area is 487 Å². The Morgan fingerprint density at radius 2 is 0.805 bits per heavy atom. The van der Waals surface area contributed by atoms with Gasteiger partial charge < -0.3 is 19.3 Å². The fraction of sp³-hybridized carbons (Fsp3) is 0.105. The van der Waals surface area contributed by atoms with Crippen molar-refractivity contribution in [3.8, 4) is 39.1 Å². The number of hydrogen-bond donors (Lipinski definition) is 0. The van der Waals surface area contributed by atoms with E-state index in [0.29, 0.717) is 19.8 Å². The minimum Gasteiger partial charge on any atom is -0.493 e. The van der Waals surface area contributed by atoms with Gasteiger partial charge in [-0.1, -0.05) is 160 Å². The second kappa shape index (κ2) is 22.5. The predicted octanol–water partition coefficient (Wildman–Crippen LogP) is 22.8. The van der Waals surface area contributed by atoms with Gasteiger partial charge in [0.05, 0.1) is 13.2 Å². The van der Waals surface area contributed by atoms with Crippen molar-refractivity contribution >= 4 is 119 Å². The summed E-state index contributed by atoms with van der Waals surface area (Å²) in [6, 6.07) is 93.6. The topological polar surface area (TPSA) is 24.9 Å². The molecule has 0 amide bonds. The Morgan fingerprint density at radius 3 is 1.35 bits per heavy atom. The Bertz CT molecular complexity index is 4340. The average molecular weight is 1100 g/mol. The zero-order valence-electron chi connectivity index (χ0n) is 46.0. The summed E-state index contributed by atoms with van der Waals surface area (Å²) in [5, 5.41) is 9.76. The maximum atomic E-state index is 6.85. The molecule has 0 N–H and O–H groups in total. The second-order valence-electron chi connectivity index (χ2n) is 21.2. The van der Waals surface area contributed by atoms with Crippen LogP contribution in [0.5, 0.6) is 5.75 Å². The van der Waals surface area contributed by atoms with Crippen molar-refractivity contribution in [1.82, 2.24) is 0 Å². The van der Waals surface area contributed by atoms with Crippen LogP contribution in [0.15, 0.2) is 255 Å². The normalized spacial score (nSPS) is 11.6. The molecule has 0 bridgehead atoms. The molecule has 0 aliphatic carbocycles. The van der Waals surface area contributed by atoms with E-state index in [1.807, 2.05) is 22.7 Å². The Kier molecular flexibility index (Phi) is 14.0. The van der Waals surface area contributed by atoms with Crippen LogP contribution in [-0.2, 0) is 11.3 Å². The number of benzene rings is 12. The van der Waals surface area contributed by atoms with Gasteiger partial charge in [0.25, 0.3) is 0 Å². The van der Waals surface area contributed by atoms with Crippen molar-refractivity contribution < 1.29 is 9.47 Å². The molecule has 0 aliphatic rings. The molecule has 0 aliphatic heterocycles. The summed E-state index contributed by atoms with van der Waals surface area (Å²) < 4.78 is 18.5. The lowest BCUT2D eigenvalue weighted by molar-refractivity contribution is 0.122. The van der Waals surface area contributed by atoms with Gasteiger partial charge in [-0.15, -0.1) is 22.7 Å². The molecule has 0 spiro atoms. The Morgan fingerprint density at radius 1 is 0.329 bits per heavy atom. The van der Waals surface area contributed by atoms with Gasteiger partial charge in [0.15, 0.2) is 0 Å². The van der Waals surface area contributed by atoms with Crippen LogP contribution in [0.25, 0.3) is 95.3 Å². The number of fused-ring (bicyclic) bond motifs is 8. The molecule has 0 unspecified atom stereocenters. The van der Waals surface area contributed by atoms with Crippen LogP contribution in [0.1, 0.15) is 38.7 Å². The van der Waals surface area contributed by atoms with Gasteiger partial charge in [0.1, 0.15) is 5.75 Å². The first-order valence-corrected chi connectivity index (χ1v) is 30.3. The summed E-state index contributed by atoms with van der Waals surface area (Å²) >= 11 is 3.70. The summed E-state index contributed by atoms with van der Waals surface area (Å²) in [6.07, 6.45) is 2.96. The number of hydrogen-bond acceptors (Lipinski definition) is 6. The van der Waals surface area contributed by atoms with Crippen LogP contribution < -0.4 is 14.5 Å². The van der Waals surface area contributed by atoms with Gasteiger partial charge in [-0.2, -0.15) is 0 Å². The van der Waals surface area contributed by atoms with Crippen LogP contribution in [0, 0.1) is 0 Å². The molecule has 398 valence electrons. The van der Waals surface area contributed by atoms with E-state index in [9.17, 15) is 0 Å². The smallest absolute Gasteiger partial charge is 0.127 e. The fourth-order valence-corrected chi connectivity index (χ4v) is 14.1. The Hall–Kier alpha value is -9.04. The van der Waals surface area contributed by atoms with Gasteiger partial charge in [-0.25, -0.2) is 0 Å². The highest BCUT2D eigenvalue weighted by atomic mass is 32.1. The molecule has 82 heavy (non-hydrogen) atoms. The molecule has 4 nitrogen and oxygen atoms in total. The van der Waals surface area contributed by atoms with Crippen LogP contribution in [0.4, 0.5) is 34.1 Å². The lowest BCUT2D eigenvalue weighted by Gasteiger charge is -2.26. The average Bonchev–Trinajstić information content (AvgIpc) is 3.93. The monoisotopic (exact) mass is 1100 g/mol. The SMILES string of the molecule is CCCCOc1ccc2cc(-c3cccc(N(c4ccccc4)c4ccc5sc6ccccc6c5c4)c3)ccc2c1-c1c(COCCC)ccc2cc(-c3cccc(N(c4ccccc4)c4ccc5sc6ccccc6c5c4)c3)ccc12. The molecular formula is C76H60N2O2S2. The zero-order valence-corrected chi connectivity index (χ0v) is 47.7. The molecule has 2 aromatic heterocycles. The summed E-state index contributed by atoms with van der Waals surface area (Å²) in [6.45, 7) is 6.20. The minimum absolute atomic E-state index is 0.494. The van der Waals surface area contributed by atoms with Crippen molar-refractivity contribution in [2.24, 2.45) is 0 Å². The van der Waals surface area contributed by atoms with Gasteiger partial charge >= 0.3 is 0 Å². The molecule has 0 fully saturated rings. The van der Waals surface area contributed by atoms with Gasteiger partial charge in [0.2, 0.25) is 0 Å². The molecule has 14 rings (SSSR count). The molecule has 14 aromatic rings. The maximum absolute atomic E-state index is 6.85. The summed E-state index contributed by atoms with van der Waals surface area (Å²) in [7, 11) is 0. The van der Waals surface area contributed by atoms with E-state index in [2.05, 4.69) is 278 Å². The number of rotatable bonds is 17. The third kappa shape index (κ3) is 9.73. The number of nitrogens with zero attached hydrogens (tertiary/aromatic N) is 2. The van der Waals surface area contributed by atoms with Gasteiger partial charge in [-0.05, 0) is 183 Å². The number of para-hydroxylation sites is 2. The first-order valence-electron chi connectivity index (χ1n) is 28.6. The van der Waals surface area contributed by atoms with Crippen LogP contribution in [-0.4, -0.2) is 13.2 Å². The summed E-state index contributed by atoms with van der Waals surface area (Å²) in [5.74, 6) is 0.889. The number of unbranched alkanes of at least 4 members (excludes halogenated alkanes) is 1. The lowest BCUT2D eigenvalue weighted by atomic mass is 9.87. The van der Waals surface area contributed by atoms with Crippen LogP contribution >= 0.6 is 22.7 Å². The third-order valence-electron chi connectivity index (χ3n) is 15.8. The molecule has 12 aromatic carbocycles. The third-order valence-corrected chi connectivity index (χ3v) is 18.1. The molecule has 0 atom stereocenters. The molecule has 0 saturated heterocycles. The fourth-order valence-electron chi connectivity index (χ4n) is 11.9. The standard InChI is InChI=1S/C76H60N2O2S2/c1-3-5-43-80-70-39-34-56-45-54(52-19-17-25-61(47-52)78(59-22-10-7-11-23-59)63-36-41-74-69(49-63)67-27-13-15-29-72(67)82-74)33-38-65(56)76(70)75-57(50-79-42-4-2)31-30-55-44-53(32-37-64(55)75)51-18-16-24-60(46-51)77(58-20-8-6-9-21-58)62-35-40-73-68(48-62)66-26-12-14-28-71(66)81-73/h6-41,44-49H,3-5,42-43,50H2,1-2H3. The van der Waals surface area contributed by atoms with Gasteiger partial charge in [0, 0.05) is 86.6 Å². The number of anilines is 6. The van der Waals surface area contributed by atoms with Crippen molar-refractivity contribution in [2.75, 3.05) is 23.0 Å². The van der Waals surface area contributed by atoms with E-state index < -0.39 is 0 Å². The van der Waals surface area contributed by atoms with E-state index in [4.69, 9.17) is 9.47 Å². The summed E-state index contributed by atoms with van der Waals surface area (Å²) in [5.41, 5.74) is 14.7. The van der Waals surface area contributed by atoms with E-state index in [1.165, 1.54) is 45.7 Å². The predicted molar refractivity (Wildman–Crippen MR) is 353 cm³/mol. The van der Waals surface area contributed by atoms with Crippen molar-refractivity contribution in [2.45, 2.75) is 39.7 Å². The van der Waals surface area contributed by atoms with Crippen molar-refractivity contribution in [3.63, 3.8) is 0 Å². The van der Waals surface area contributed by atoms with E-state index in [0.717, 1.165) is 114 Å². The summed E-state index contributed by atoms with van der Waals surface area (Å²) in [4.78, 5) is 4.76. The molecule has 0 saturated carbocycles. The van der Waals surface area contributed by atoms with Crippen LogP contribution in [0.3, 0.4) is 0 Å². The highest BCUT2D eigenvalue weighted by Crippen LogP contribution is 2.47. The largest absolute Gasteiger partial charge is 0.493 e. The molecule has 6 heteroatoms. The number of thiophene rings is 2. The van der Waals surface area contributed by atoms with Crippen LogP contribution in [0.2, 0.25) is 0 Å².